The fourth-order valence-electron chi connectivity index (χ4n) is 2.65. The van der Waals surface area contributed by atoms with Gasteiger partial charge in [-0.1, -0.05) is 30.3 Å². The number of rotatable bonds is 3. The van der Waals surface area contributed by atoms with E-state index in [1.807, 2.05) is 55.5 Å². The molecule has 1 aliphatic heterocycles. The van der Waals surface area contributed by atoms with Gasteiger partial charge in [-0.15, -0.1) is 0 Å². The molecule has 1 atom stereocenters. The normalized spacial score (nSPS) is 17.1. The minimum Gasteiger partial charge on any atom is -0.351 e. The molecule has 2 aromatic carbocycles. The van der Waals surface area contributed by atoms with Gasteiger partial charge in [-0.2, -0.15) is 0 Å². The van der Waals surface area contributed by atoms with E-state index in [9.17, 15) is 4.79 Å². The molecule has 0 saturated carbocycles. The SMILES string of the molecule is CC1=C(C(=O)Nc2ccccc2)[C@H](c2cccc(I)c2)NC(=S)N1. The molecule has 0 saturated heterocycles. The Balaban J connectivity index is 1.96. The molecule has 122 valence electrons. The van der Waals surface area contributed by atoms with Crippen molar-refractivity contribution in [3.8, 4) is 0 Å². The van der Waals surface area contributed by atoms with Gasteiger partial charge in [-0.25, -0.2) is 0 Å². The van der Waals surface area contributed by atoms with E-state index in [2.05, 4.69) is 44.6 Å². The zero-order chi connectivity index (χ0) is 17.1. The third-order valence-electron chi connectivity index (χ3n) is 3.73. The maximum Gasteiger partial charge on any atom is 0.255 e. The first-order valence-electron chi connectivity index (χ1n) is 7.45. The summed E-state index contributed by atoms with van der Waals surface area (Å²) in [6.07, 6.45) is 0. The molecular formula is C18H16IN3OS. The minimum atomic E-state index is -0.280. The number of para-hydroxylation sites is 1. The van der Waals surface area contributed by atoms with Crippen molar-refractivity contribution >= 4 is 51.5 Å². The molecule has 0 radical (unpaired) electrons. The fraction of sp³-hybridized carbons (Fsp3) is 0.111. The molecular weight excluding hydrogens is 433 g/mol. The van der Waals surface area contributed by atoms with E-state index < -0.39 is 0 Å². The number of allylic oxidation sites excluding steroid dienone is 1. The van der Waals surface area contributed by atoms with Crippen molar-refractivity contribution in [3.05, 3.63) is 75.0 Å². The number of hydrogen-bond donors (Lipinski definition) is 3. The number of nitrogens with one attached hydrogen (secondary N) is 3. The van der Waals surface area contributed by atoms with Crippen molar-refractivity contribution in [2.24, 2.45) is 0 Å². The van der Waals surface area contributed by atoms with Crippen molar-refractivity contribution in [3.63, 3.8) is 0 Å². The molecule has 0 spiro atoms. The van der Waals surface area contributed by atoms with Crippen LogP contribution in [0.4, 0.5) is 5.69 Å². The summed E-state index contributed by atoms with van der Waals surface area (Å²) in [5.41, 5.74) is 3.16. The summed E-state index contributed by atoms with van der Waals surface area (Å²) in [6.45, 7) is 1.87. The van der Waals surface area contributed by atoms with E-state index in [4.69, 9.17) is 12.2 Å². The lowest BCUT2D eigenvalue weighted by atomic mass is 9.95. The standard InChI is InChI=1S/C18H16IN3OS/c1-11-15(17(23)21-14-8-3-2-4-9-14)16(22-18(24)20-11)12-6-5-7-13(19)10-12/h2-10,16H,1H3,(H,21,23)(H2,20,22,24)/t16-/m0/s1. The Labute approximate surface area is 159 Å². The molecule has 1 heterocycles. The molecule has 2 aromatic rings. The summed E-state index contributed by atoms with van der Waals surface area (Å²) >= 11 is 7.53. The molecule has 0 fully saturated rings. The molecule has 1 amide bonds. The first-order chi connectivity index (χ1) is 11.5. The number of halogens is 1. The van der Waals surface area contributed by atoms with Crippen molar-refractivity contribution in [2.45, 2.75) is 13.0 Å². The second-order valence-electron chi connectivity index (χ2n) is 5.45. The molecule has 3 rings (SSSR count). The Hall–Kier alpha value is -1.93. The quantitative estimate of drug-likeness (QED) is 0.494. The van der Waals surface area contributed by atoms with Crippen LogP contribution in [0.1, 0.15) is 18.5 Å². The number of benzene rings is 2. The number of carbonyl (C=O) groups is 1. The Bertz CT molecular complexity index is 820. The molecule has 0 aromatic heterocycles. The molecule has 3 N–H and O–H groups in total. The third-order valence-corrected chi connectivity index (χ3v) is 4.62. The van der Waals surface area contributed by atoms with Gasteiger partial charge in [0.2, 0.25) is 0 Å². The number of amides is 1. The Morgan fingerprint density at radius 1 is 1.17 bits per heavy atom. The lowest BCUT2D eigenvalue weighted by molar-refractivity contribution is -0.113. The molecule has 6 heteroatoms. The Morgan fingerprint density at radius 2 is 1.92 bits per heavy atom. The maximum absolute atomic E-state index is 12.9. The predicted octanol–water partition coefficient (Wildman–Crippen LogP) is 3.72. The van der Waals surface area contributed by atoms with Gasteiger partial charge in [0.05, 0.1) is 11.6 Å². The van der Waals surface area contributed by atoms with Crippen molar-refractivity contribution in [2.75, 3.05) is 5.32 Å². The fourth-order valence-corrected chi connectivity index (χ4v) is 3.49. The molecule has 24 heavy (non-hydrogen) atoms. The number of thiocarbonyl (C=S) groups is 1. The van der Waals surface area contributed by atoms with E-state index in [1.165, 1.54) is 0 Å². The van der Waals surface area contributed by atoms with Gasteiger partial charge in [-0.05, 0) is 71.6 Å². The summed E-state index contributed by atoms with van der Waals surface area (Å²) in [4.78, 5) is 12.9. The Morgan fingerprint density at radius 3 is 2.62 bits per heavy atom. The highest BCUT2D eigenvalue weighted by atomic mass is 127. The molecule has 0 unspecified atom stereocenters. The van der Waals surface area contributed by atoms with E-state index >= 15 is 0 Å². The van der Waals surface area contributed by atoms with E-state index in [0.29, 0.717) is 10.7 Å². The van der Waals surface area contributed by atoms with E-state index in [0.717, 1.165) is 20.5 Å². The summed E-state index contributed by atoms with van der Waals surface area (Å²) < 4.78 is 1.11. The first kappa shape index (κ1) is 16.9. The third kappa shape index (κ3) is 3.76. The minimum absolute atomic E-state index is 0.148. The van der Waals surface area contributed by atoms with Gasteiger partial charge in [0.15, 0.2) is 5.11 Å². The van der Waals surface area contributed by atoms with Gasteiger partial charge in [0.25, 0.3) is 5.91 Å². The number of anilines is 1. The summed E-state index contributed by atoms with van der Waals surface area (Å²) in [6, 6.07) is 17.2. The van der Waals surface area contributed by atoms with Crippen LogP contribution in [-0.4, -0.2) is 11.0 Å². The average molecular weight is 449 g/mol. The highest BCUT2D eigenvalue weighted by Crippen LogP contribution is 2.28. The summed E-state index contributed by atoms with van der Waals surface area (Å²) in [5, 5.41) is 9.72. The van der Waals surface area contributed by atoms with Gasteiger partial charge in [0, 0.05) is 15.0 Å². The van der Waals surface area contributed by atoms with Crippen LogP contribution in [0.25, 0.3) is 0 Å². The summed E-state index contributed by atoms with van der Waals surface area (Å²) in [7, 11) is 0. The van der Waals surface area contributed by atoms with E-state index in [-0.39, 0.29) is 11.9 Å². The number of hydrogen-bond acceptors (Lipinski definition) is 2. The summed E-state index contributed by atoms with van der Waals surface area (Å²) in [5.74, 6) is -0.148. The zero-order valence-electron chi connectivity index (χ0n) is 13.0. The highest BCUT2D eigenvalue weighted by molar-refractivity contribution is 14.1. The predicted molar refractivity (Wildman–Crippen MR) is 109 cm³/mol. The topological polar surface area (TPSA) is 53.2 Å². The smallest absolute Gasteiger partial charge is 0.255 e. The van der Waals surface area contributed by atoms with Gasteiger partial charge < -0.3 is 16.0 Å². The van der Waals surface area contributed by atoms with Crippen LogP contribution in [0, 0.1) is 3.57 Å². The lowest BCUT2D eigenvalue weighted by Crippen LogP contribution is -2.45. The molecule has 4 nitrogen and oxygen atoms in total. The average Bonchev–Trinajstić information content (AvgIpc) is 2.55. The van der Waals surface area contributed by atoms with Gasteiger partial charge in [0.1, 0.15) is 0 Å². The van der Waals surface area contributed by atoms with Crippen LogP contribution < -0.4 is 16.0 Å². The van der Waals surface area contributed by atoms with Crippen molar-refractivity contribution in [1.29, 1.82) is 0 Å². The highest BCUT2D eigenvalue weighted by Gasteiger charge is 2.29. The van der Waals surface area contributed by atoms with Gasteiger partial charge in [-0.3, -0.25) is 4.79 Å². The van der Waals surface area contributed by atoms with Gasteiger partial charge >= 0.3 is 0 Å². The largest absolute Gasteiger partial charge is 0.351 e. The van der Waals surface area contributed by atoms with Crippen LogP contribution in [0.2, 0.25) is 0 Å². The molecule has 1 aliphatic rings. The monoisotopic (exact) mass is 449 g/mol. The molecule has 0 aliphatic carbocycles. The molecule has 0 bridgehead atoms. The Kier molecular flexibility index (Phi) is 5.15. The van der Waals surface area contributed by atoms with Crippen molar-refractivity contribution < 1.29 is 4.79 Å². The maximum atomic E-state index is 12.9. The van der Waals surface area contributed by atoms with Crippen LogP contribution >= 0.6 is 34.8 Å². The number of carbonyl (C=O) groups excluding carboxylic acids is 1. The van der Waals surface area contributed by atoms with Crippen molar-refractivity contribution in [1.82, 2.24) is 10.6 Å². The van der Waals surface area contributed by atoms with Crippen LogP contribution in [0.5, 0.6) is 0 Å². The van der Waals surface area contributed by atoms with Crippen LogP contribution in [-0.2, 0) is 4.79 Å². The lowest BCUT2D eigenvalue weighted by Gasteiger charge is -2.30. The first-order valence-corrected chi connectivity index (χ1v) is 8.93. The second-order valence-corrected chi connectivity index (χ2v) is 7.10. The van der Waals surface area contributed by atoms with Crippen LogP contribution in [0.3, 0.4) is 0 Å². The zero-order valence-corrected chi connectivity index (χ0v) is 15.9. The van der Waals surface area contributed by atoms with Crippen LogP contribution in [0.15, 0.2) is 65.9 Å². The van der Waals surface area contributed by atoms with E-state index in [1.54, 1.807) is 0 Å². The second kappa shape index (κ2) is 7.31.